The second-order valence-electron chi connectivity index (χ2n) is 6.34. The lowest BCUT2D eigenvalue weighted by Gasteiger charge is -2.11. The van der Waals surface area contributed by atoms with Crippen molar-refractivity contribution < 1.29 is 8.42 Å². The minimum absolute atomic E-state index is 0.00871. The van der Waals surface area contributed by atoms with E-state index in [4.69, 9.17) is 0 Å². The molecule has 0 aliphatic heterocycles. The number of nitrogens with zero attached hydrogens (tertiary/aromatic N) is 2. The summed E-state index contributed by atoms with van der Waals surface area (Å²) in [6, 6.07) is 20.3. The van der Waals surface area contributed by atoms with Crippen molar-refractivity contribution >= 4 is 37.5 Å². The lowest BCUT2D eigenvalue weighted by atomic mass is 10.1. The molecule has 142 valence electrons. The molecule has 0 spiro atoms. The van der Waals surface area contributed by atoms with Crippen LogP contribution in [-0.4, -0.2) is 24.9 Å². The van der Waals surface area contributed by atoms with Gasteiger partial charge in [-0.1, -0.05) is 48.5 Å². The van der Waals surface area contributed by atoms with Crippen LogP contribution in [-0.2, 0) is 16.6 Å². The van der Waals surface area contributed by atoms with Crippen LogP contribution in [0, 0.1) is 0 Å². The molecule has 1 heterocycles. The number of hydrogen-bond acceptors (Lipinski definition) is 5. The van der Waals surface area contributed by atoms with Gasteiger partial charge in [0, 0.05) is 17.3 Å². The molecule has 4 aromatic rings. The van der Waals surface area contributed by atoms with Crippen molar-refractivity contribution in [1.29, 1.82) is 0 Å². The smallest absolute Gasteiger partial charge is 0.241 e. The minimum atomic E-state index is -3.71. The molecule has 0 radical (unpaired) electrons. The van der Waals surface area contributed by atoms with Crippen LogP contribution in [0.1, 0.15) is 12.7 Å². The Hall–Kier alpha value is -3.03. The molecule has 0 fully saturated rings. The van der Waals surface area contributed by atoms with Crippen LogP contribution in [0.4, 0.5) is 5.82 Å². The number of benzene rings is 3. The van der Waals surface area contributed by atoms with Crippen molar-refractivity contribution in [1.82, 2.24) is 14.7 Å². The van der Waals surface area contributed by atoms with Gasteiger partial charge in [-0.3, -0.25) is 0 Å². The third-order valence-electron chi connectivity index (χ3n) is 4.45. The highest BCUT2D eigenvalue weighted by molar-refractivity contribution is 7.89. The number of sulfonamides is 1. The summed E-state index contributed by atoms with van der Waals surface area (Å²) in [5, 5.41) is 5.69. The summed E-state index contributed by atoms with van der Waals surface area (Å²) in [5.74, 6) is 1.12. The molecule has 2 N–H and O–H groups in total. The topological polar surface area (TPSA) is 84.0 Å². The predicted octanol–water partition coefficient (Wildman–Crippen LogP) is 3.69. The van der Waals surface area contributed by atoms with E-state index in [9.17, 15) is 8.42 Å². The van der Waals surface area contributed by atoms with Gasteiger partial charge in [0.05, 0.1) is 17.0 Å². The van der Waals surface area contributed by atoms with Crippen LogP contribution in [0.5, 0.6) is 0 Å². The van der Waals surface area contributed by atoms with Crippen LogP contribution >= 0.6 is 0 Å². The van der Waals surface area contributed by atoms with Crippen LogP contribution in [0.25, 0.3) is 21.7 Å². The molecule has 0 atom stereocenters. The fraction of sp³-hybridized carbons (Fsp3) is 0.143. The average molecular weight is 392 g/mol. The first kappa shape index (κ1) is 18.3. The second-order valence-corrected chi connectivity index (χ2v) is 8.07. The molecule has 7 heteroatoms. The second kappa shape index (κ2) is 7.53. The molecule has 0 saturated carbocycles. The van der Waals surface area contributed by atoms with Crippen molar-refractivity contribution in [3.63, 3.8) is 0 Å². The van der Waals surface area contributed by atoms with E-state index >= 15 is 0 Å². The van der Waals surface area contributed by atoms with E-state index in [1.807, 2.05) is 55.5 Å². The Bertz CT molecular complexity index is 1250. The highest BCUT2D eigenvalue weighted by Gasteiger charge is 2.18. The molecule has 28 heavy (non-hydrogen) atoms. The predicted molar refractivity (Wildman–Crippen MR) is 112 cm³/mol. The Morgan fingerprint density at radius 2 is 1.57 bits per heavy atom. The molecule has 0 amide bonds. The molecule has 0 saturated heterocycles. The van der Waals surface area contributed by atoms with Crippen LogP contribution < -0.4 is 10.0 Å². The Morgan fingerprint density at radius 1 is 0.857 bits per heavy atom. The maximum Gasteiger partial charge on any atom is 0.241 e. The fourth-order valence-corrected chi connectivity index (χ4v) is 4.38. The van der Waals surface area contributed by atoms with Crippen LogP contribution in [0.15, 0.2) is 71.6 Å². The van der Waals surface area contributed by atoms with Crippen molar-refractivity contribution in [2.75, 3.05) is 11.9 Å². The van der Waals surface area contributed by atoms with E-state index in [2.05, 4.69) is 20.0 Å². The standard InChI is InChI=1S/C21H20N4O2S/c1-2-22-21-17-11-5-6-12-18(17)24-20(25-21)14-23-28(26,27)19-13-7-9-15-8-3-4-10-16(15)19/h3-13,23H,2,14H2,1H3,(H,22,24,25). The summed E-state index contributed by atoms with van der Waals surface area (Å²) in [6.07, 6.45) is 0. The molecule has 6 nitrogen and oxygen atoms in total. The van der Waals surface area contributed by atoms with E-state index < -0.39 is 10.0 Å². The maximum atomic E-state index is 12.9. The molecule has 4 rings (SSSR count). The summed E-state index contributed by atoms with van der Waals surface area (Å²) in [5.41, 5.74) is 0.771. The number of para-hydroxylation sites is 1. The van der Waals surface area contributed by atoms with Crippen LogP contribution in [0.2, 0.25) is 0 Å². The first-order valence-electron chi connectivity index (χ1n) is 9.05. The number of hydrogen-bond donors (Lipinski definition) is 2. The summed E-state index contributed by atoms with van der Waals surface area (Å²) in [4.78, 5) is 9.25. The van der Waals surface area contributed by atoms with Gasteiger partial charge in [-0.25, -0.2) is 23.1 Å². The molecular weight excluding hydrogens is 372 g/mol. The largest absolute Gasteiger partial charge is 0.370 e. The van der Waals surface area contributed by atoms with Crippen molar-refractivity contribution in [3.05, 3.63) is 72.6 Å². The monoisotopic (exact) mass is 392 g/mol. The third-order valence-corrected chi connectivity index (χ3v) is 5.91. The Kier molecular flexibility index (Phi) is 4.93. The maximum absolute atomic E-state index is 12.9. The van der Waals surface area contributed by atoms with Crippen LogP contribution in [0.3, 0.4) is 0 Å². The number of nitrogens with one attached hydrogen (secondary N) is 2. The van der Waals surface area contributed by atoms with Crippen molar-refractivity contribution in [3.8, 4) is 0 Å². The lowest BCUT2D eigenvalue weighted by molar-refractivity contribution is 0.580. The SMILES string of the molecule is CCNc1nc(CNS(=O)(=O)c2cccc3ccccc23)nc2ccccc12. The fourth-order valence-electron chi connectivity index (χ4n) is 3.17. The summed E-state index contributed by atoms with van der Waals surface area (Å²) < 4.78 is 28.5. The van der Waals surface area contributed by atoms with Crippen molar-refractivity contribution in [2.45, 2.75) is 18.4 Å². The lowest BCUT2D eigenvalue weighted by Crippen LogP contribution is -2.24. The molecule has 0 aliphatic rings. The molecule has 0 unspecified atom stereocenters. The Labute approximate surface area is 163 Å². The first-order valence-corrected chi connectivity index (χ1v) is 10.5. The van der Waals surface area contributed by atoms with Gasteiger partial charge in [0.2, 0.25) is 10.0 Å². The van der Waals surface area contributed by atoms with Gasteiger partial charge in [0.25, 0.3) is 0 Å². The normalized spacial score (nSPS) is 11.8. The van der Waals surface area contributed by atoms with Gasteiger partial charge in [-0.05, 0) is 30.5 Å². The minimum Gasteiger partial charge on any atom is -0.370 e. The van der Waals surface area contributed by atoms with E-state index in [-0.39, 0.29) is 11.4 Å². The number of aromatic nitrogens is 2. The summed E-state index contributed by atoms with van der Waals surface area (Å²) in [7, 11) is -3.71. The Balaban J connectivity index is 1.66. The first-order chi connectivity index (χ1) is 13.6. The Morgan fingerprint density at radius 3 is 2.39 bits per heavy atom. The quantitative estimate of drug-likeness (QED) is 0.523. The highest BCUT2D eigenvalue weighted by atomic mass is 32.2. The molecule has 1 aromatic heterocycles. The zero-order valence-electron chi connectivity index (χ0n) is 15.4. The molecule has 3 aromatic carbocycles. The third kappa shape index (κ3) is 3.54. The molecule has 0 bridgehead atoms. The summed E-state index contributed by atoms with van der Waals surface area (Å²) in [6.45, 7) is 2.71. The van der Waals surface area contributed by atoms with Gasteiger partial charge in [0.15, 0.2) is 0 Å². The zero-order valence-corrected chi connectivity index (χ0v) is 16.2. The number of anilines is 1. The zero-order chi connectivity index (χ0) is 19.6. The molecule has 0 aliphatic carbocycles. The van der Waals surface area contributed by atoms with E-state index in [1.54, 1.807) is 18.2 Å². The van der Waals surface area contributed by atoms with Gasteiger partial charge in [-0.15, -0.1) is 0 Å². The molecular formula is C21H20N4O2S. The number of fused-ring (bicyclic) bond motifs is 2. The average Bonchev–Trinajstić information content (AvgIpc) is 2.72. The van der Waals surface area contributed by atoms with Gasteiger partial charge < -0.3 is 5.32 Å². The van der Waals surface area contributed by atoms with E-state index in [0.717, 1.165) is 16.3 Å². The van der Waals surface area contributed by atoms with Crippen molar-refractivity contribution in [2.24, 2.45) is 0 Å². The van der Waals surface area contributed by atoms with Gasteiger partial charge in [0.1, 0.15) is 11.6 Å². The van der Waals surface area contributed by atoms with E-state index in [1.165, 1.54) is 0 Å². The van der Waals surface area contributed by atoms with Gasteiger partial charge in [-0.2, -0.15) is 0 Å². The van der Waals surface area contributed by atoms with Gasteiger partial charge >= 0.3 is 0 Å². The van der Waals surface area contributed by atoms with E-state index in [0.29, 0.717) is 23.6 Å². The number of rotatable bonds is 6. The highest BCUT2D eigenvalue weighted by Crippen LogP contribution is 2.23. The summed E-state index contributed by atoms with van der Waals surface area (Å²) >= 11 is 0.